The van der Waals surface area contributed by atoms with Crippen LogP contribution in [0.2, 0.25) is 5.02 Å². The van der Waals surface area contributed by atoms with Gasteiger partial charge in [0.2, 0.25) is 0 Å². The van der Waals surface area contributed by atoms with Crippen LogP contribution in [0.3, 0.4) is 0 Å². The van der Waals surface area contributed by atoms with E-state index in [9.17, 15) is 4.79 Å². The van der Waals surface area contributed by atoms with Gasteiger partial charge in [0.15, 0.2) is 16.6 Å². The average Bonchev–Trinajstić information content (AvgIpc) is 2.60. The summed E-state index contributed by atoms with van der Waals surface area (Å²) >= 11 is 13.6. The first kappa shape index (κ1) is 19.7. The maximum Gasteiger partial charge on any atom is 0.257 e. The Balaban J connectivity index is 1.99. The monoisotopic (exact) mass is 490 g/mol. The van der Waals surface area contributed by atoms with Crippen LogP contribution in [0.25, 0.3) is 0 Å². The molecule has 0 atom stereocenters. The van der Waals surface area contributed by atoms with E-state index in [0.717, 1.165) is 9.13 Å². The Hall–Kier alpha value is -1.58. The fourth-order valence-electron chi connectivity index (χ4n) is 2.06. The van der Waals surface area contributed by atoms with Crippen molar-refractivity contribution in [2.75, 3.05) is 14.2 Å². The molecule has 25 heavy (non-hydrogen) atoms. The van der Waals surface area contributed by atoms with E-state index in [0.29, 0.717) is 28.6 Å². The molecule has 0 fully saturated rings. The second-order valence-electron chi connectivity index (χ2n) is 4.95. The van der Waals surface area contributed by atoms with E-state index in [1.54, 1.807) is 38.5 Å². The van der Waals surface area contributed by atoms with Crippen LogP contribution in [-0.2, 0) is 6.54 Å². The maximum atomic E-state index is 12.2. The lowest BCUT2D eigenvalue weighted by molar-refractivity contribution is 0.0976. The van der Waals surface area contributed by atoms with Crippen molar-refractivity contribution < 1.29 is 14.3 Å². The van der Waals surface area contributed by atoms with Gasteiger partial charge in [-0.25, -0.2) is 0 Å². The molecule has 5 nitrogen and oxygen atoms in total. The molecule has 0 radical (unpaired) electrons. The number of amides is 1. The number of nitrogens with one attached hydrogen (secondary N) is 2. The molecule has 132 valence electrons. The summed E-state index contributed by atoms with van der Waals surface area (Å²) in [5.74, 6) is 0.845. The number of carbonyl (C=O) groups excluding carboxylic acids is 1. The molecular weight excluding hydrogens is 475 g/mol. The van der Waals surface area contributed by atoms with Crippen LogP contribution >= 0.6 is 46.4 Å². The van der Waals surface area contributed by atoms with Crippen molar-refractivity contribution in [3.63, 3.8) is 0 Å². The molecule has 0 aliphatic carbocycles. The molecule has 8 heteroatoms. The van der Waals surface area contributed by atoms with E-state index in [2.05, 4.69) is 33.2 Å². The van der Waals surface area contributed by atoms with Crippen LogP contribution in [0, 0.1) is 3.57 Å². The molecule has 0 bridgehead atoms. The minimum atomic E-state index is -0.269. The molecule has 2 N–H and O–H groups in total. The van der Waals surface area contributed by atoms with Crippen molar-refractivity contribution >= 4 is 57.4 Å². The minimum Gasteiger partial charge on any atom is -0.493 e. The number of halogens is 2. The van der Waals surface area contributed by atoms with Crippen molar-refractivity contribution in [1.29, 1.82) is 0 Å². The van der Waals surface area contributed by atoms with Crippen molar-refractivity contribution in [3.8, 4) is 11.5 Å². The Morgan fingerprint density at radius 1 is 1.20 bits per heavy atom. The Bertz CT molecular complexity index is 801. The molecule has 0 spiro atoms. The van der Waals surface area contributed by atoms with Crippen LogP contribution in [0.15, 0.2) is 36.4 Å². The van der Waals surface area contributed by atoms with Gasteiger partial charge < -0.3 is 14.8 Å². The third-order valence-electron chi connectivity index (χ3n) is 3.31. The molecule has 0 aliphatic heterocycles. The lowest BCUT2D eigenvalue weighted by Crippen LogP contribution is -2.38. The molecule has 2 aromatic carbocycles. The van der Waals surface area contributed by atoms with E-state index < -0.39 is 0 Å². The van der Waals surface area contributed by atoms with Crippen LogP contribution in [0.4, 0.5) is 0 Å². The molecular formula is C17H16ClIN2O3S. The van der Waals surface area contributed by atoms with Crippen molar-refractivity contribution in [2.45, 2.75) is 6.54 Å². The van der Waals surface area contributed by atoms with E-state index in [-0.39, 0.29) is 11.0 Å². The van der Waals surface area contributed by atoms with E-state index in [4.69, 9.17) is 33.3 Å². The SMILES string of the molecule is COc1cc(Cl)c(CNC(=S)NC(=O)c2cccc(I)c2)cc1OC. The Labute approximate surface area is 170 Å². The zero-order valence-electron chi connectivity index (χ0n) is 13.6. The van der Waals surface area contributed by atoms with Gasteiger partial charge in [0.1, 0.15) is 0 Å². The lowest BCUT2D eigenvalue weighted by Gasteiger charge is -2.14. The standard InChI is InChI=1S/C17H16ClIN2O3S/c1-23-14-7-11(13(18)8-15(14)24-2)9-20-17(25)21-16(22)10-4-3-5-12(19)6-10/h3-8H,9H2,1-2H3,(H2,20,21,22,25). The molecule has 0 heterocycles. The van der Waals surface area contributed by atoms with Gasteiger partial charge in [-0.2, -0.15) is 0 Å². The van der Waals surface area contributed by atoms with Crippen LogP contribution < -0.4 is 20.1 Å². The molecule has 1 amide bonds. The van der Waals surface area contributed by atoms with Crippen molar-refractivity contribution in [1.82, 2.24) is 10.6 Å². The van der Waals surface area contributed by atoms with Gasteiger partial charge in [-0.05, 0) is 64.6 Å². The summed E-state index contributed by atoms with van der Waals surface area (Å²) in [5.41, 5.74) is 1.31. The number of hydrogen-bond acceptors (Lipinski definition) is 4. The highest BCUT2D eigenvalue weighted by atomic mass is 127. The van der Waals surface area contributed by atoms with Gasteiger partial charge >= 0.3 is 0 Å². The average molecular weight is 491 g/mol. The van der Waals surface area contributed by atoms with Gasteiger partial charge in [0.25, 0.3) is 5.91 Å². The van der Waals surface area contributed by atoms with E-state index >= 15 is 0 Å². The predicted octanol–water partition coefficient (Wildman–Crippen LogP) is 3.77. The zero-order chi connectivity index (χ0) is 18.4. The van der Waals surface area contributed by atoms with Gasteiger partial charge in [-0.1, -0.05) is 17.7 Å². The summed E-state index contributed by atoms with van der Waals surface area (Å²) in [6, 6.07) is 10.7. The molecule has 0 unspecified atom stereocenters. The molecule has 0 saturated carbocycles. The topological polar surface area (TPSA) is 59.6 Å². The number of rotatable bonds is 5. The van der Waals surface area contributed by atoms with Crippen LogP contribution in [0.1, 0.15) is 15.9 Å². The fourth-order valence-corrected chi connectivity index (χ4v) is 2.98. The number of methoxy groups -OCH3 is 2. The fraction of sp³-hybridized carbons (Fsp3) is 0.176. The first-order valence-corrected chi connectivity index (χ1v) is 9.06. The number of thiocarbonyl (C=S) groups is 1. The molecule has 2 rings (SSSR count). The number of carbonyl (C=O) groups is 1. The first-order chi connectivity index (χ1) is 11.9. The number of hydrogen-bond donors (Lipinski definition) is 2. The van der Waals surface area contributed by atoms with Crippen LogP contribution in [0.5, 0.6) is 11.5 Å². The zero-order valence-corrected chi connectivity index (χ0v) is 17.3. The van der Waals surface area contributed by atoms with Crippen molar-refractivity contribution in [3.05, 3.63) is 56.1 Å². The second-order valence-corrected chi connectivity index (χ2v) is 7.01. The highest BCUT2D eigenvalue weighted by Crippen LogP contribution is 2.32. The highest BCUT2D eigenvalue weighted by molar-refractivity contribution is 14.1. The smallest absolute Gasteiger partial charge is 0.257 e. The van der Waals surface area contributed by atoms with E-state index in [1.807, 2.05) is 12.1 Å². The summed E-state index contributed by atoms with van der Waals surface area (Å²) in [6.07, 6.45) is 0. The first-order valence-electron chi connectivity index (χ1n) is 7.19. The third kappa shape index (κ3) is 5.45. The van der Waals surface area contributed by atoms with Gasteiger partial charge in [0.05, 0.1) is 14.2 Å². The second kappa shape index (κ2) is 9.21. The summed E-state index contributed by atoms with van der Waals surface area (Å²) in [4.78, 5) is 12.2. The summed E-state index contributed by atoms with van der Waals surface area (Å²) in [6.45, 7) is 0.338. The van der Waals surface area contributed by atoms with Crippen LogP contribution in [-0.4, -0.2) is 25.2 Å². The minimum absolute atomic E-state index is 0.217. The normalized spacial score (nSPS) is 10.1. The molecule has 2 aromatic rings. The van der Waals surface area contributed by atoms with Gasteiger partial charge in [-0.15, -0.1) is 0 Å². The largest absolute Gasteiger partial charge is 0.493 e. The summed E-state index contributed by atoms with van der Waals surface area (Å²) in [7, 11) is 3.09. The number of benzene rings is 2. The van der Waals surface area contributed by atoms with Crippen molar-refractivity contribution in [2.24, 2.45) is 0 Å². The van der Waals surface area contributed by atoms with Gasteiger partial charge in [0, 0.05) is 26.8 Å². The van der Waals surface area contributed by atoms with E-state index in [1.165, 1.54) is 0 Å². The lowest BCUT2D eigenvalue weighted by atomic mass is 10.2. The Morgan fingerprint density at radius 3 is 2.52 bits per heavy atom. The Kier molecular flexibility index (Phi) is 7.27. The summed E-state index contributed by atoms with van der Waals surface area (Å²) in [5, 5.41) is 6.33. The molecule has 0 saturated heterocycles. The quantitative estimate of drug-likeness (QED) is 0.494. The summed E-state index contributed by atoms with van der Waals surface area (Å²) < 4.78 is 11.4. The highest BCUT2D eigenvalue weighted by Gasteiger charge is 2.12. The molecule has 0 aliphatic rings. The molecule has 0 aromatic heterocycles. The maximum absolute atomic E-state index is 12.2. The third-order valence-corrected chi connectivity index (χ3v) is 4.58. The van der Waals surface area contributed by atoms with Gasteiger partial charge in [-0.3, -0.25) is 10.1 Å². The Morgan fingerprint density at radius 2 is 1.88 bits per heavy atom. The number of ether oxygens (including phenoxy) is 2. The predicted molar refractivity (Wildman–Crippen MR) is 111 cm³/mol.